The standard InChI is InChI=1S/C41H60N6O9/c1-40(2,3)56-39(54)45-32(26-16-12-9-13-17-26)38(53)47-23-29-27(21-41(4,5)55-29)33(47)35(50)43-28(20-24-18-19-24)34(49)36(51)42-22-30(48)44-31(37(52)46(6)7)25-14-10-8-11-15-25/h8,10-11,14-15,24,26-29,31-33H,9,12-13,16-23H2,1-7H3,(H,42,51)(H,43,50)(H,44,48)(H,45,54)/t27-,28?,29-,31-,32-,33?/m0/s1. The number of carbonyl (C=O) groups is 7. The van der Waals surface area contributed by atoms with Gasteiger partial charge in [-0.05, 0) is 77.7 Å². The van der Waals surface area contributed by atoms with Crippen LogP contribution in [0.1, 0.15) is 104 Å². The number of nitrogens with zero attached hydrogens (tertiary/aromatic N) is 2. The monoisotopic (exact) mass is 780 g/mol. The zero-order chi connectivity index (χ0) is 40.9. The van der Waals surface area contributed by atoms with Crippen molar-refractivity contribution in [3.63, 3.8) is 0 Å². The van der Waals surface area contributed by atoms with E-state index in [0.717, 1.165) is 44.9 Å². The van der Waals surface area contributed by atoms with Gasteiger partial charge in [-0.15, -0.1) is 0 Å². The number of Topliss-reactive ketones (excluding diaryl/α,β-unsaturated/α-hetero) is 1. The Morgan fingerprint density at radius 3 is 2.20 bits per heavy atom. The Morgan fingerprint density at radius 2 is 1.59 bits per heavy atom. The van der Waals surface area contributed by atoms with Crippen LogP contribution < -0.4 is 21.3 Å². The molecule has 308 valence electrons. The number of alkyl carbamates (subject to hydrolysis) is 1. The summed E-state index contributed by atoms with van der Waals surface area (Å²) in [7, 11) is 3.13. The van der Waals surface area contributed by atoms with Crippen LogP contribution >= 0.6 is 0 Å². The van der Waals surface area contributed by atoms with E-state index in [1.807, 2.05) is 13.8 Å². The fraction of sp³-hybridized carbons (Fsp3) is 0.683. The zero-order valence-electron chi connectivity index (χ0n) is 33.9. The van der Waals surface area contributed by atoms with Gasteiger partial charge in [-0.1, -0.05) is 62.4 Å². The van der Waals surface area contributed by atoms with Crippen molar-refractivity contribution in [2.24, 2.45) is 17.8 Å². The number of carbonyl (C=O) groups excluding carboxylic acids is 7. The lowest BCUT2D eigenvalue weighted by Crippen LogP contribution is -2.59. The van der Waals surface area contributed by atoms with Crippen LogP contribution in [0.3, 0.4) is 0 Å². The summed E-state index contributed by atoms with van der Waals surface area (Å²) >= 11 is 0. The molecule has 2 saturated carbocycles. The summed E-state index contributed by atoms with van der Waals surface area (Å²) < 4.78 is 11.9. The second kappa shape index (κ2) is 17.7. The molecule has 2 unspecified atom stereocenters. The van der Waals surface area contributed by atoms with Crippen molar-refractivity contribution in [2.75, 3.05) is 27.2 Å². The summed E-state index contributed by atoms with van der Waals surface area (Å²) in [4.78, 5) is 97.8. The van der Waals surface area contributed by atoms with Crippen molar-refractivity contribution in [1.82, 2.24) is 31.1 Å². The van der Waals surface area contributed by atoms with Gasteiger partial charge in [0.2, 0.25) is 29.4 Å². The summed E-state index contributed by atoms with van der Waals surface area (Å²) in [6.45, 7) is 8.65. The number of ketones is 1. The molecule has 0 bridgehead atoms. The first-order valence-electron chi connectivity index (χ1n) is 20.0. The lowest BCUT2D eigenvalue weighted by atomic mass is 9.83. The molecule has 5 rings (SSSR count). The van der Waals surface area contributed by atoms with Gasteiger partial charge in [0.05, 0.1) is 24.3 Å². The van der Waals surface area contributed by atoms with E-state index >= 15 is 0 Å². The topological polar surface area (TPSA) is 193 Å². The Bertz CT molecular complexity index is 1630. The minimum Gasteiger partial charge on any atom is -0.444 e. The molecule has 2 heterocycles. The zero-order valence-corrected chi connectivity index (χ0v) is 33.9. The van der Waals surface area contributed by atoms with Gasteiger partial charge in [0.15, 0.2) is 0 Å². The Balaban J connectivity index is 1.31. The molecule has 2 saturated heterocycles. The van der Waals surface area contributed by atoms with Crippen molar-refractivity contribution in [2.45, 2.75) is 134 Å². The summed E-state index contributed by atoms with van der Waals surface area (Å²) in [5.74, 6) is -4.42. The Labute approximate surface area is 329 Å². The van der Waals surface area contributed by atoms with E-state index in [1.54, 1.807) is 65.2 Å². The molecule has 15 nitrogen and oxygen atoms in total. The molecule has 56 heavy (non-hydrogen) atoms. The van der Waals surface area contributed by atoms with Crippen molar-refractivity contribution in [3.05, 3.63) is 35.9 Å². The van der Waals surface area contributed by atoms with Crippen molar-refractivity contribution in [1.29, 1.82) is 0 Å². The maximum absolute atomic E-state index is 14.6. The molecule has 6 atom stereocenters. The number of likely N-dealkylation sites (N-methyl/N-ethyl adjacent to an activating group) is 1. The molecule has 0 aromatic heterocycles. The van der Waals surface area contributed by atoms with E-state index in [9.17, 15) is 33.6 Å². The van der Waals surface area contributed by atoms with E-state index in [0.29, 0.717) is 12.0 Å². The molecular formula is C41H60N6O9. The molecule has 4 aliphatic rings. The lowest BCUT2D eigenvalue weighted by molar-refractivity contribution is -0.145. The smallest absolute Gasteiger partial charge is 0.408 e. The maximum atomic E-state index is 14.6. The molecule has 1 aromatic carbocycles. The third-order valence-electron chi connectivity index (χ3n) is 11.1. The number of benzene rings is 1. The highest BCUT2D eigenvalue weighted by atomic mass is 16.6. The molecule has 1 aromatic rings. The Kier molecular flexibility index (Phi) is 13.5. The van der Waals surface area contributed by atoms with Crippen LogP contribution in [0.15, 0.2) is 30.3 Å². The van der Waals surface area contributed by atoms with Gasteiger partial charge in [-0.2, -0.15) is 0 Å². The first kappa shape index (κ1) is 42.6. The van der Waals surface area contributed by atoms with Crippen LogP contribution in [-0.4, -0.2) is 114 Å². The molecule has 0 radical (unpaired) electrons. The predicted octanol–water partition coefficient (Wildman–Crippen LogP) is 2.77. The Morgan fingerprint density at radius 1 is 0.929 bits per heavy atom. The van der Waals surface area contributed by atoms with Crippen LogP contribution in [-0.2, 0) is 38.2 Å². The quantitative estimate of drug-likeness (QED) is 0.206. The minimum absolute atomic E-state index is 0.126. The molecular weight excluding hydrogens is 720 g/mol. The average Bonchev–Trinajstić information content (AvgIpc) is 3.82. The van der Waals surface area contributed by atoms with Crippen LogP contribution in [0, 0.1) is 17.8 Å². The molecule has 2 aliphatic carbocycles. The number of hydrogen-bond donors (Lipinski definition) is 4. The maximum Gasteiger partial charge on any atom is 0.408 e. The first-order valence-corrected chi connectivity index (χ1v) is 20.0. The van der Waals surface area contributed by atoms with Gasteiger partial charge in [0.1, 0.15) is 23.7 Å². The predicted molar refractivity (Wildman–Crippen MR) is 206 cm³/mol. The Hall–Kier alpha value is -4.53. The van der Waals surface area contributed by atoms with E-state index < -0.39 is 83.5 Å². The average molecular weight is 781 g/mol. The van der Waals surface area contributed by atoms with Crippen molar-refractivity contribution in [3.8, 4) is 0 Å². The van der Waals surface area contributed by atoms with Crippen molar-refractivity contribution >= 4 is 41.4 Å². The molecule has 15 heteroatoms. The van der Waals surface area contributed by atoms with Crippen LogP contribution in [0.4, 0.5) is 4.79 Å². The number of hydrogen-bond acceptors (Lipinski definition) is 9. The molecule has 6 amide bonds. The van der Waals surface area contributed by atoms with Gasteiger partial charge >= 0.3 is 6.09 Å². The number of ether oxygens (including phenoxy) is 2. The second-order valence-corrected chi connectivity index (χ2v) is 17.7. The number of amides is 6. The summed E-state index contributed by atoms with van der Waals surface area (Å²) in [5.41, 5.74) is -0.787. The summed E-state index contributed by atoms with van der Waals surface area (Å²) in [6.07, 6.45) is 5.53. The number of fused-ring (bicyclic) bond motifs is 1. The number of nitrogens with one attached hydrogen (secondary N) is 4. The van der Waals surface area contributed by atoms with Gasteiger partial charge < -0.3 is 40.5 Å². The molecule has 4 N–H and O–H groups in total. The molecule has 2 aliphatic heterocycles. The normalized spacial score (nSPS) is 23.5. The summed E-state index contributed by atoms with van der Waals surface area (Å²) in [6, 6.07) is 4.51. The van der Waals surface area contributed by atoms with E-state index in [-0.39, 0.29) is 36.6 Å². The van der Waals surface area contributed by atoms with Crippen LogP contribution in [0.5, 0.6) is 0 Å². The van der Waals surface area contributed by atoms with Crippen molar-refractivity contribution < 1.29 is 43.0 Å². The second-order valence-electron chi connectivity index (χ2n) is 17.7. The highest BCUT2D eigenvalue weighted by Gasteiger charge is 2.56. The minimum atomic E-state index is -1.20. The third-order valence-corrected chi connectivity index (χ3v) is 11.1. The van der Waals surface area contributed by atoms with Gasteiger partial charge in [0.25, 0.3) is 5.91 Å². The van der Waals surface area contributed by atoms with E-state index in [1.165, 1.54) is 9.80 Å². The fourth-order valence-electron chi connectivity index (χ4n) is 8.28. The SMILES string of the molecule is CN(C)C(=O)[C@@H](NC(=O)CNC(=O)C(=O)C(CC1CC1)NC(=O)C1[C@H]2CC(C)(C)O[C@H]2CN1C(=O)[C@@H](NC(=O)OC(C)(C)C)C1CCCCC1)c1ccccc1. The van der Waals surface area contributed by atoms with Gasteiger partial charge in [-0.3, -0.25) is 28.8 Å². The third kappa shape index (κ3) is 11.1. The molecule has 0 spiro atoms. The van der Waals surface area contributed by atoms with Crippen LogP contribution in [0.2, 0.25) is 0 Å². The lowest BCUT2D eigenvalue weighted by Gasteiger charge is -2.36. The van der Waals surface area contributed by atoms with E-state index in [4.69, 9.17) is 9.47 Å². The number of rotatable bonds is 14. The van der Waals surface area contributed by atoms with Gasteiger partial charge in [0, 0.05) is 26.6 Å². The largest absolute Gasteiger partial charge is 0.444 e. The highest BCUT2D eigenvalue weighted by molar-refractivity contribution is 6.38. The first-order chi connectivity index (χ1) is 26.3. The van der Waals surface area contributed by atoms with E-state index in [2.05, 4.69) is 21.3 Å². The van der Waals surface area contributed by atoms with Crippen LogP contribution in [0.25, 0.3) is 0 Å². The summed E-state index contributed by atoms with van der Waals surface area (Å²) in [5, 5.41) is 10.7. The molecule has 4 fully saturated rings. The highest BCUT2D eigenvalue weighted by Crippen LogP contribution is 2.44. The number of likely N-dealkylation sites (tertiary alicyclic amines) is 1. The fourth-order valence-corrected chi connectivity index (χ4v) is 8.28. The van der Waals surface area contributed by atoms with Gasteiger partial charge in [-0.25, -0.2) is 4.79 Å².